The van der Waals surface area contributed by atoms with E-state index >= 15 is 0 Å². The minimum absolute atomic E-state index is 0. The number of H-pyrrole nitrogens is 1. The first-order chi connectivity index (χ1) is 5.79. The van der Waals surface area contributed by atoms with Crippen molar-refractivity contribution in [3.8, 4) is 0 Å². The van der Waals surface area contributed by atoms with Gasteiger partial charge in [0.15, 0.2) is 5.43 Å². The van der Waals surface area contributed by atoms with Gasteiger partial charge >= 0.3 is 29.6 Å². The molecule has 0 amide bonds. The number of para-hydroxylation sites is 1. The molecular formula is C9H8NNaOS. The van der Waals surface area contributed by atoms with Crippen LogP contribution in [0.15, 0.2) is 40.2 Å². The van der Waals surface area contributed by atoms with Crippen molar-refractivity contribution in [3.63, 3.8) is 0 Å². The summed E-state index contributed by atoms with van der Waals surface area (Å²) in [5.41, 5.74) is 0.827. The average molecular weight is 201 g/mol. The molecule has 0 aliphatic heterocycles. The van der Waals surface area contributed by atoms with Gasteiger partial charge in [-0.1, -0.05) is 6.07 Å². The van der Waals surface area contributed by atoms with E-state index in [4.69, 9.17) is 0 Å². The number of aromatic nitrogens is 1. The molecule has 13 heavy (non-hydrogen) atoms. The number of fused-ring (bicyclic) bond motifs is 1. The Morgan fingerprint density at radius 2 is 2.00 bits per heavy atom. The summed E-state index contributed by atoms with van der Waals surface area (Å²) < 4.78 is 0. The molecule has 0 bridgehead atoms. The molecule has 2 nitrogen and oxygen atoms in total. The van der Waals surface area contributed by atoms with E-state index < -0.39 is 0 Å². The molecule has 1 N–H and O–H groups in total. The second-order valence-electron chi connectivity index (χ2n) is 2.54. The summed E-state index contributed by atoms with van der Waals surface area (Å²) in [6.07, 6.45) is 1.63. The molecule has 0 radical (unpaired) electrons. The topological polar surface area (TPSA) is 32.9 Å². The van der Waals surface area contributed by atoms with Gasteiger partial charge in [0, 0.05) is 22.5 Å². The van der Waals surface area contributed by atoms with Crippen LogP contribution in [-0.2, 0) is 0 Å². The fourth-order valence-corrected chi connectivity index (χ4v) is 1.46. The maximum absolute atomic E-state index is 11.3. The standard InChI is InChI=1S/C9H7NOS.Na.H/c11-7-4-5-10-9-6(7)2-1-3-8(9)12;;/h1-5,12H,(H,10,11);;. The first-order valence-electron chi connectivity index (χ1n) is 3.58. The number of hydrogen-bond acceptors (Lipinski definition) is 2. The van der Waals surface area contributed by atoms with Crippen molar-refractivity contribution in [2.24, 2.45) is 0 Å². The van der Waals surface area contributed by atoms with Crippen LogP contribution in [0, 0.1) is 0 Å². The van der Waals surface area contributed by atoms with Crippen LogP contribution in [0.5, 0.6) is 0 Å². The zero-order chi connectivity index (χ0) is 8.55. The van der Waals surface area contributed by atoms with Crippen molar-refractivity contribution in [2.45, 2.75) is 4.90 Å². The Morgan fingerprint density at radius 1 is 1.23 bits per heavy atom. The van der Waals surface area contributed by atoms with E-state index in [0.29, 0.717) is 5.39 Å². The molecular weight excluding hydrogens is 193 g/mol. The number of rotatable bonds is 0. The van der Waals surface area contributed by atoms with Gasteiger partial charge in [-0.05, 0) is 12.1 Å². The van der Waals surface area contributed by atoms with Crippen LogP contribution >= 0.6 is 12.6 Å². The molecule has 0 atom stereocenters. The van der Waals surface area contributed by atoms with E-state index in [1.54, 1.807) is 12.3 Å². The fraction of sp³-hybridized carbons (Fsp3) is 0. The van der Waals surface area contributed by atoms with E-state index in [9.17, 15) is 4.79 Å². The Balaban J connectivity index is 0.000000845. The Kier molecular flexibility index (Phi) is 3.62. The quantitative estimate of drug-likeness (QED) is 0.487. The molecule has 0 unspecified atom stereocenters. The zero-order valence-electron chi connectivity index (χ0n) is 6.24. The van der Waals surface area contributed by atoms with Gasteiger partial charge in [0.05, 0.1) is 5.52 Å². The van der Waals surface area contributed by atoms with Crippen molar-refractivity contribution in [2.75, 3.05) is 0 Å². The first-order valence-corrected chi connectivity index (χ1v) is 4.03. The van der Waals surface area contributed by atoms with Gasteiger partial charge in [-0.25, -0.2) is 0 Å². The molecule has 0 saturated carbocycles. The van der Waals surface area contributed by atoms with Crippen molar-refractivity contribution in [1.82, 2.24) is 4.98 Å². The Hall–Kier alpha value is -0.220. The number of nitrogens with one attached hydrogen (secondary N) is 1. The van der Waals surface area contributed by atoms with Crippen LogP contribution < -0.4 is 5.43 Å². The van der Waals surface area contributed by atoms with E-state index in [2.05, 4.69) is 17.6 Å². The monoisotopic (exact) mass is 201 g/mol. The molecule has 0 spiro atoms. The van der Waals surface area contributed by atoms with Crippen LogP contribution in [0.25, 0.3) is 10.9 Å². The molecule has 62 valence electrons. The third-order valence-corrected chi connectivity index (χ3v) is 2.14. The summed E-state index contributed by atoms with van der Waals surface area (Å²) in [6.45, 7) is 0. The predicted molar refractivity (Wildman–Crippen MR) is 59.0 cm³/mol. The van der Waals surface area contributed by atoms with Crippen molar-refractivity contribution in [1.29, 1.82) is 0 Å². The average Bonchev–Trinajstić information content (AvgIpc) is 2.07. The fourth-order valence-electron chi connectivity index (χ4n) is 1.19. The van der Waals surface area contributed by atoms with Gasteiger partial charge in [0.2, 0.25) is 0 Å². The number of pyridine rings is 1. The number of hydrogen-bond donors (Lipinski definition) is 2. The second-order valence-corrected chi connectivity index (χ2v) is 3.02. The zero-order valence-corrected chi connectivity index (χ0v) is 7.14. The maximum atomic E-state index is 11.3. The normalized spacial score (nSPS) is 9.62. The minimum atomic E-state index is 0. The van der Waals surface area contributed by atoms with E-state index in [1.807, 2.05) is 12.1 Å². The molecule has 1 aromatic heterocycles. The van der Waals surface area contributed by atoms with Gasteiger partial charge in [0.1, 0.15) is 0 Å². The third-order valence-electron chi connectivity index (χ3n) is 1.77. The van der Waals surface area contributed by atoms with Gasteiger partial charge in [0.25, 0.3) is 0 Å². The number of benzene rings is 1. The Morgan fingerprint density at radius 3 is 2.69 bits per heavy atom. The number of thiol groups is 1. The summed E-state index contributed by atoms with van der Waals surface area (Å²) in [4.78, 5) is 15.1. The van der Waals surface area contributed by atoms with E-state index in [0.717, 1.165) is 10.4 Å². The van der Waals surface area contributed by atoms with Crippen molar-refractivity contribution < 1.29 is 0 Å². The van der Waals surface area contributed by atoms with Crippen LogP contribution in [0.3, 0.4) is 0 Å². The van der Waals surface area contributed by atoms with Crippen molar-refractivity contribution >= 4 is 53.1 Å². The molecule has 2 aromatic rings. The molecule has 4 heteroatoms. The molecule has 0 saturated heterocycles. The molecule has 0 aliphatic carbocycles. The summed E-state index contributed by atoms with van der Waals surface area (Å²) in [5, 5.41) is 0.685. The molecule has 1 aromatic carbocycles. The van der Waals surface area contributed by atoms with Gasteiger partial charge in [-0.15, -0.1) is 12.6 Å². The van der Waals surface area contributed by atoms with Crippen LogP contribution in [0.4, 0.5) is 0 Å². The SMILES string of the molecule is O=c1cc[nH]c2c(S)cccc12.[NaH]. The van der Waals surface area contributed by atoms with Gasteiger partial charge in [-0.3, -0.25) is 4.79 Å². The summed E-state index contributed by atoms with van der Waals surface area (Å²) in [7, 11) is 0. The second kappa shape index (κ2) is 4.33. The van der Waals surface area contributed by atoms with Gasteiger partial charge < -0.3 is 4.98 Å². The van der Waals surface area contributed by atoms with Crippen molar-refractivity contribution in [3.05, 3.63) is 40.7 Å². The molecule has 2 rings (SSSR count). The predicted octanol–water partition coefficient (Wildman–Crippen LogP) is 1.17. The molecule has 0 fully saturated rings. The van der Waals surface area contributed by atoms with Crippen LogP contribution in [-0.4, -0.2) is 34.5 Å². The van der Waals surface area contributed by atoms with E-state index in [-0.39, 0.29) is 35.0 Å². The number of aromatic amines is 1. The first kappa shape index (κ1) is 10.9. The third kappa shape index (κ3) is 1.99. The summed E-state index contributed by atoms with van der Waals surface area (Å²) >= 11 is 4.23. The molecule has 0 aliphatic rings. The Labute approximate surface area is 103 Å². The van der Waals surface area contributed by atoms with E-state index in [1.165, 1.54) is 6.07 Å². The van der Waals surface area contributed by atoms with Crippen LogP contribution in [0.2, 0.25) is 0 Å². The molecule has 1 heterocycles. The Bertz CT molecular complexity index is 480. The van der Waals surface area contributed by atoms with Crippen LogP contribution in [0.1, 0.15) is 0 Å². The van der Waals surface area contributed by atoms with Gasteiger partial charge in [-0.2, -0.15) is 0 Å². The summed E-state index contributed by atoms with van der Waals surface area (Å²) in [6, 6.07) is 6.96. The summed E-state index contributed by atoms with van der Waals surface area (Å²) in [5.74, 6) is 0.